The van der Waals surface area contributed by atoms with Crippen LogP contribution >= 0.6 is 0 Å². The van der Waals surface area contributed by atoms with Crippen LogP contribution in [-0.2, 0) is 24.3 Å². The van der Waals surface area contributed by atoms with Crippen LogP contribution in [0.4, 0.5) is 0 Å². The molecule has 1 rings (SSSR count). The second-order valence-electron chi connectivity index (χ2n) is 4.15. The number of hydrogen-bond donors (Lipinski definition) is 1. The number of carbonyl (C=O) groups excluding carboxylic acids is 2. The lowest BCUT2D eigenvalue weighted by Crippen LogP contribution is -2.47. The molecule has 7 nitrogen and oxygen atoms in total. The Balaban J connectivity index is 2.80. The van der Waals surface area contributed by atoms with Gasteiger partial charge in [0.25, 0.3) is 5.91 Å². The van der Waals surface area contributed by atoms with Gasteiger partial charge in [-0.05, 0) is 6.92 Å². The second kappa shape index (κ2) is 5.66. The van der Waals surface area contributed by atoms with Crippen molar-refractivity contribution in [2.45, 2.75) is 32.4 Å². The number of rotatable bonds is 4. The molecule has 1 saturated heterocycles. The molecule has 1 N–H and O–H groups in total. The minimum atomic E-state index is -3.61. The summed E-state index contributed by atoms with van der Waals surface area (Å²) in [6, 6.07) is -0.784. The Labute approximate surface area is 107 Å². The van der Waals surface area contributed by atoms with Gasteiger partial charge < -0.3 is 9.64 Å². The van der Waals surface area contributed by atoms with Crippen molar-refractivity contribution in [3.05, 3.63) is 0 Å². The number of amides is 2. The first-order valence-electron chi connectivity index (χ1n) is 5.65. The van der Waals surface area contributed by atoms with Gasteiger partial charge in [0.1, 0.15) is 6.04 Å². The molecule has 0 aromatic heterocycles. The van der Waals surface area contributed by atoms with E-state index in [1.54, 1.807) is 0 Å². The van der Waals surface area contributed by atoms with E-state index in [0.29, 0.717) is 13.0 Å². The summed E-state index contributed by atoms with van der Waals surface area (Å²) in [6.07, 6.45) is 0.0650. The maximum Gasteiger partial charge on any atom is 0.256 e. The Bertz CT molecular complexity index is 434. The number of carbonyl (C=O) groups is 2. The monoisotopic (exact) mass is 278 g/mol. The molecule has 1 fully saturated rings. The predicted molar refractivity (Wildman–Crippen MR) is 64.2 cm³/mol. The molecular formula is C10H18N2O5S. The summed E-state index contributed by atoms with van der Waals surface area (Å²) in [5.41, 5.74) is 0. The molecule has 0 bridgehead atoms. The zero-order valence-electron chi connectivity index (χ0n) is 10.7. The number of nitrogens with one attached hydrogen (secondary N) is 1. The van der Waals surface area contributed by atoms with E-state index in [-0.39, 0.29) is 17.8 Å². The first-order valence-corrected chi connectivity index (χ1v) is 7.30. The standard InChI is InChI=1S/C10H18N2O5S/c1-4-18(15,16)11-10(14)9-5-8(17-3)6-12(9)7(2)13/h8-9H,4-6H2,1-3H3,(H,11,14)/t8-,9+/m0/s1. The highest BCUT2D eigenvalue weighted by Crippen LogP contribution is 2.20. The molecule has 104 valence electrons. The number of ether oxygens (including phenoxy) is 1. The third-order valence-electron chi connectivity index (χ3n) is 2.94. The van der Waals surface area contributed by atoms with Crippen molar-refractivity contribution in [2.75, 3.05) is 19.4 Å². The van der Waals surface area contributed by atoms with E-state index in [4.69, 9.17) is 4.74 Å². The molecule has 2 atom stereocenters. The quantitative estimate of drug-likeness (QED) is 0.718. The zero-order valence-corrected chi connectivity index (χ0v) is 11.5. The highest BCUT2D eigenvalue weighted by molar-refractivity contribution is 7.90. The lowest BCUT2D eigenvalue weighted by molar-refractivity contribution is -0.136. The summed E-state index contributed by atoms with van der Waals surface area (Å²) < 4.78 is 29.7. The van der Waals surface area contributed by atoms with Crippen LogP contribution in [0.3, 0.4) is 0 Å². The van der Waals surface area contributed by atoms with Gasteiger partial charge in [0.2, 0.25) is 15.9 Å². The van der Waals surface area contributed by atoms with Crippen LogP contribution in [0.1, 0.15) is 20.3 Å². The molecule has 8 heteroatoms. The number of nitrogens with zero attached hydrogens (tertiary/aromatic N) is 1. The van der Waals surface area contributed by atoms with Crippen LogP contribution in [0.2, 0.25) is 0 Å². The maximum absolute atomic E-state index is 11.9. The fourth-order valence-electron chi connectivity index (χ4n) is 1.86. The molecule has 0 saturated carbocycles. The largest absolute Gasteiger partial charge is 0.380 e. The van der Waals surface area contributed by atoms with Crippen LogP contribution in [0, 0.1) is 0 Å². The van der Waals surface area contributed by atoms with E-state index in [0.717, 1.165) is 0 Å². The van der Waals surface area contributed by atoms with E-state index < -0.39 is 22.0 Å². The highest BCUT2D eigenvalue weighted by atomic mass is 32.2. The highest BCUT2D eigenvalue weighted by Gasteiger charge is 2.39. The van der Waals surface area contributed by atoms with Crippen LogP contribution in [0.15, 0.2) is 0 Å². The van der Waals surface area contributed by atoms with Crippen molar-refractivity contribution in [1.82, 2.24) is 9.62 Å². The Morgan fingerprint density at radius 1 is 1.44 bits per heavy atom. The third kappa shape index (κ3) is 3.42. The third-order valence-corrected chi connectivity index (χ3v) is 4.21. The smallest absolute Gasteiger partial charge is 0.256 e. The summed E-state index contributed by atoms with van der Waals surface area (Å²) in [5.74, 6) is -1.13. The van der Waals surface area contributed by atoms with Crippen molar-refractivity contribution in [1.29, 1.82) is 0 Å². The normalized spacial score (nSPS) is 24.1. The molecular weight excluding hydrogens is 260 g/mol. The molecule has 0 aliphatic carbocycles. The van der Waals surface area contributed by atoms with Gasteiger partial charge in [0.15, 0.2) is 0 Å². The Kier molecular flexibility index (Phi) is 4.69. The molecule has 18 heavy (non-hydrogen) atoms. The summed E-state index contributed by atoms with van der Waals surface area (Å²) in [6.45, 7) is 3.08. The van der Waals surface area contributed by atoms with Gasteiger partial charge in [-0.1, -0.05) is 0 Å². The fourth-order valence-corrected chi connectivity index (χ4v) is 2.45. The Morgan fingerprint density at radius 2 is 2.06 bits per heavy atom. The minimum absolute atomic E-state index is 0.181. The van der Waals surface area contributed by atoms with E-state index in [2.05, 4.69) is 0 Å². The maximum atomic E-state index is 11.9. The summed E-state index contributed by atoms with van der Waals surface area (Å²) >= 11 is 0. The lowest BCUT2D eigenvalue weighted by atomic mass is 10.2. The van der Waals surface area contributed by atoms with Gasteiger partial charge in [-0.15, -0.1) is 0 Å². The second-order valence-corrected chi connectivity index (χ2v) is 6.16. The Morgan fingerprint density at radius 3 is 2.50 bits per heavy atom. The van der Waals surface area contributed by atoms with E-state index in [1.165, 1.54) is 25.9 Å². The molecule has 0 unspecified atom stereocenters. The fraction of sp³-hybridized carbons (Fsp3) is 0.800. The SMILES string of the molecule is CCS(=O)(=O)NC(=O)[C@H]1C[C@H](OC)CN1C(C)=O. The zero-order chi connectivity index (χ0) is 13.9. The predicted octanol–water partition coefficient (Wildman–Crippen LogP) is -0.912. The van der Waals surface area contributed by atoms with E-state index in [9.17, 15) is 18.0 Å². The van der Waals surface area contributed by atoms with Gasteiger partial charge in [-0.25, -0.2) is 8.42 Å². The summed E-state index contributed by atoms with van der Waals surface area (Å²) in [7, 11) is -2.12. The van der Waals surface area contributed by atoms with Crippen LogP contribution in [0.25, 0.3) is 0 Å². The molecule has 0 spiro atoms. The van der Waals surface area contributed by atoms with Gasteiger partial charge >= 0.3 is 0 Å². The van der Waals surface area contributed by atoms with Crippen LogP contribution < -0.4 is 4.72 Å². The van der Waals surface area contributed by atoms with Gasteiger partial charge in [-0.2, -0.15) is 0 Å². The molecule has 1 heterocycles. The number of methoxy groups -OCH3 is 1. The summed E-state index contributed by atoms with van der Waals surface area (Å²) in [4.78, 5) is 24.6. The van der Waals surface area contributed by atoms with Crippen molar-refractivity contribution in [2.24, 2.45) is 0 Å². The van der Waals surface area contributed by atoms with E-state index >= 15 is 0 Å². The van der Waals surface area contributed by atoms with Crippen LogP contribution in [0.5, 0.6) is 0 Å². The molecule has 1 aliphatic heterocycles. The molecule has 0 aromatic rings. The number of hydrogen-bond acceptors (Lipinski definition) is 5. The molecule has 0 aromatic carbocycles. The summed E-state index contributed by atoms with van der Waals surface area (Å²) in [5, 5.41) is 0. The average Bonchev–Trinajstić information content (AvgIpc) is 2.72. The Hall–Kier alpha value is -1.15. The number of likely N-dealkylation sites (tertiary alicyclic amines) is 1. The minimum Gasteiger partial charge on any atom is -0.380 e. The lowest BCUT2D eigenvalue weighted by Gasteiger charge is -2.21. The average molecular weight is 278 g/mol. The van der Waals surface area contributed by atoms with Crippen LogP contribution in [-0.4, -0.2) is 56.7 Å². The molecule has 0 radical (unpaired) electrons. The van der Waals surface area contributed by atoms with Gasteiger partial charge in [-0.3, -0.25) is 14.3 Å². The van der Waals surface area contributed by atoms with Gasteiger partial charge in [0.05, 0.1) is 11.9 Å². The van der Waals surface area contributed by atoms with Crippen molar-refractivity contribution in [3.8, 4) is 0 Å². The van der Waals surface area contributed by atoms with E-state index in [1.807, 2.05) is 4.72 Å². The van der Waals surface area contributed by atoms with Crippen molar-refractivity contribution < 1.29 is 22.7 Å². The molecule has 1 aliphatic rings. The first-order chi connectivity index (χ1) is 8.30. The van der Waals surface area contributed by atoms with Gasteiger partial charge in [0, 0.05) is 27.0 Å². The first kappa shape index (κ1) is 14.9. The molecule has 2 amide bonds. The van der Waals surface area contributed by atoms with Crippen molar-refractivity contribution >= 4 is 21.8 Å². The topological polar surface area (TPSA) is 92.8 Å². The van der Waals surface area contributed by atoms with Crippen molar-refractivity contribution in [3.63, 3.8) is 0 Å². The number of sulfonamides is 1.